The van der Waals surface area contributed by atoms with Crippen LogP contribution in [0.1, 0.15) is 29.8 Å². The molecule has 5 rings (SSSR count). The molecule has 2 aromatic heterocycles. The standard InChI is InChI=1S/C17H19N5O2/c1-2-13-15(21-24-20-13)9-12(1)10-22-6-3-14-16(19-11-18-14)17(22)4-7-23-8-5-17/h1-2,9,11H,3-8,10H2,(H,18,19). The highest BCUT2D eigenvalue weighted by Gasteiger charge is 2.45. The van der Waals surface area contributed by atoms with Gasteiger partial charge in [0, 0.05) is 38.4 Å². The third kappa shape index (κ3) is 2.08. The lowest BCUT2D eigenvalue weighted by molar-refractivity contribution is -0.0450. The van der Waals surface area contributed by atoms with Crippen molar-refractivity contribution in [3.05, 3.63) is 41.5 Å². The highest BCUT2D eigenvalue weighted by molar-refractivity contribution is 5.73. The highest BCUT2D eigenvalue weighted by atomic mass is 16.6. The number of H-pyrrole nitrogens is 1. The maximum atomic E-state index is 5.64. The van der Waals surface area contributed by atoms with Gasteiger partial charge in [-0.05, 0) is 40.9 Å². The molecule has 0 bridgehead atoms. The van der Waals surface area contributed by atoms with E-state index in [1.165, 1.54) is 17.0 Å². The Morgan fingerprint density at radius 3 is 2.96 bits per heavy atom. The molecule has 124 valence electrons. The van der Waals surface area contributed by atoms with Crippen LogP contribution in [0.2, 0.25) is 0 Å². The van der Waals surface area contributed by atoms with Crippen LogP contribution in [0.15, 0.2) is 29.2 Å². The SMILES string of the molecule is c1nc2c([nH]1)CCN(Cc1ccc3nonc3c1)C21CCOCC1. The first-order valence-corrected chi connectivity index (χ1v) is 8.42. The van der Waals surface area contributed by atoms with Crippen molar-refractivity contribution < 1.29 is 9.37 Å². The van der Waals surface area contributed by atoms with Crippen LogP contribution >= 0.6 is 0 Å². The number of ether oxygens (including phenoxy) is 1. The smallest absolute Gasteiger partial charge is 0.135 e. The van der Waals surface area contributed by atoms with Crippen LogP contribution in [-0.4, -0.2) is 44.9 Å². The van der Waals surface area contributed by atoms with Gasteiger partial charge in [0.2, 0.25) is 0 Å². The summed E-state index contributed by atoms with van der Waals surface area (Å²) in [6, 6.07) is 6.15. The maximum Gasteiger partial charge on any atom is 0.135 e. The molecule has 0 atom stereocenters. The number of nitrogens with one attached hydrogen (secondary N) is 1. The molecule has 1 fully saturated rings. The van der Waals surface area contributed by atoms with Crippen molar-refractivity contribution in [2.45, 2.75) is 31.3 Å². The summed E-state index contributed by atoms with van der Waals surface area (Å²) in [6.07, 6.45) is 4.81. The van der Waals surface area contributed by atoms with Gasteiger partial charge in [-0.1, -0.05) is 6.07 Å². The van der Waals surface area contributed by atoms with Crippen LogP contribution < -0.4 is 0 Å². The molecule has 3 aromatic rings. The topological polar surface area (TPSA) is 80.1 Å². The number of imidazole rings is 1. The Labute approximate surface area is 139 Å². The quantitative estimate of drug-likeness (QED) is 0.776. The largest absolute Gasteiger partial charge is 0.381 e. The zero-order chi connectivity index (χ0) is 16.0. The average molecular weight is 325 g/mol. The van der Waals surface area contributed by atoms with E-state index in [1.54, 1.807) is 0 Å². The molecular formula is C17H19N5O2. The average Bonchev–Trinajstić information content (AvgIpc) is 3.27. The minimum Gasteiger partial charge on any atom is -0.381 e. The Kier molecular flexibility index (Phi) is 3.17. The molecule has 0 radical (unpaired) electrons. The lowest BCUT2D eigenvalue weighted by Crippen LogP contribution is -2.53. The van der Waals surface area contributed by atoms with Gasteiger partial charge in [0.15, 0.2) is 0 Å². The second-order valence-electron chi connectivity index (χ2n) is 6.63. The Balaban J connectivity index is 1.51. The molecule has 0 unspecified atom stereocenters. The molecule has 2 aliphatic rings. The molecule has 2 aliphatic heterocycles. The third-order valence-corrected chi connectivity index (χ3v) is 5.41. The van der Waals surface area contributed by atoms with E-state index in [0.29, 0.717) is 0 Å². The Bertz CT molecular complexity index is 865. The Morgan fingerprint density at radius 2 is 2.04 bits per heavy atom. The fourth-order valence-electron chi connectivity index (χ4n) is 4.16. The van der Waals surface area contributed by atoms with Crippen molar-refractivity contribution in [3.63, 3.8) is 0 Å². The first-order valence-electron chi connectivity index (χ1n) is 8.42. The molecule has 4 heterocycles. The predicted molar refractivity (Wildman–Crippen MR) is 86.2 cm³/mol. The van der Waals surface area contributed by atoms with E-state index < -0.39 is 0 Å². The van der Waals surface area contributed by atoms with Crippen molar-refractivity contribution in [2.24, 2.45) is 0 Å². The van der Waals surface area contributed by atoms with Gasteiger partial charge in [-0.3, -0.25) is 4.90 Å². The Morgan fingerprint density at radius 1 is 1.17 bits per heavy atom. The van der Waals surface area contributed by atoms with Gasteiger partial charge >= 0.3 is 0 Å². The molecule has 0 amide bonds. The zero-order valence-electron chi connectivity index (χ0n) is 13.4. The minimum atomic E-state index is -0.0249. The van der Waals surface area contributed by atoms with Crippen molar-refractivity contribution >= 4 is 11.0 Å². The lowest BCUT2D eigenvalue weighted by atomic mass is 9.80. The molecule has 1 saturated heterocycles. The summed E-state index contributed by atoms with van der Waals surface area (Å²) in [5.74, 6) is 0. The van der Waals surface area contributed by atoms with Crippen molar-refractivity contribution in [1.82, 2.24) is 25.2 Å². The van der Waals surface area contributed by atoms with Crippen LogP contribution in [0.4, 0.5) is 0 Å². The molecule has 0 aliphatic carbocycles. The van der Waals surface area contributed by atoms with Crippen LogP contribution in [0.25, 0.3) is 11.0 Å². The van der Waals surface area contributed by atoms with Gasteiger partial charge in [0.1, 0.15) is 11.0 Å². The molecule has 7 heteroatoms. The van der Waals surface area contributed by atoms with Crippen LogP contribution in [0, 0.1) is 0 Å². The molecule has 1 aromatic carbocycles. The maximum absolute atomic E-state index is 5.64. The number of hydrogen-bond donors (Lipinski definition) is 1. The monoisotopic (exact) mass is 325 g/mol. The van der Waals surface area contributed by atoms with E-state index in [2.05, 4.69) is 37.3 Å². The molecule has 0 saturated carbocycles. The van der Waals surface area contributed by atoms with Crippen LogP contribution in [0.5, 0.6) is 0 Å². The van der Waals surface area contributed by atoms with E-state index in [4.69, 9.17) is 9.37 Å². The lowest BCUT2D eigenvalue weighted by Gasteiger charge is -2.48. The van der Waals surface area contributed by atoms with E-state index in [9.17, 15) is 0 Å². The number of aromatic amines is 1. The van der Waals surface area contributed by atoms with Crippen molar-refractivity contribution in [1.29, 1.82) is 0 Å². The summed E-state index contributed by atoms with van der Waals surface area (Å²) in [5.41, 5.74) is 5.30. The van der Waals surface area contributed by atoms with Crippen molar-refractivity contribution in [2.75, 3.05) is 19.8 Å². The molecule has 7 nitrogen and oxygen atoms in total. The summed E-state index contributed by atoms with van der Waals surface area (Å²) in [4.78, 5) is 10.6. The second-order valence-corrected chi connectivity index (χ2v) is 6.63. The normalized spacial score (nSPS) is 20.5. The first kappa shape index (κ1) is 14.1. The summed E-state index contributed by atoms with van der Waals surface area (Å²) in [5, 5.41) is 7.84. The Hall–Kier alpha value is -2.25. The molecular weight excluding hydrogens is 306 g/mol. The number of benzene rings is 1. The third-order valence-electron chi connectivity index (χ3n) is 5.41. The van der Waals surface area contributed by atoms with Crippen LogP contribution in [-0.2, 0) is 23.2 Å². The van der Waals surface area contributed by atoms with Gasteiger partial charge in [-0.15, -0.1) is 0 Å². The van der Waals surface area contributed by atoms with Gasteiger partial charge in [0.25, 0.3) is 0 Å². The zero-order valence-corrected chi connectivity index (χ0v) is 13.4. The number of aromatic nitrogens is 4. The van der Waals surface area contributed by atoms with Crippen LogP contribution in [0.3, 0.4) is 0 Å². The van der Waals surface area contributed by atoms with E-state index in [-0.39, 0.29) is 5.54 Å². The number of rotatable bonds is 2. The van der Waals surface area contributed by atoms with E-state index in [0.717, 1.165) is 56.6 Å². The fourth-order valence-corrected chi connectivity index (χ4v) is 4.16. The summed E-state index contributed by atoms with van der Waals surface area (Å²) in [7, 11) is 0. The van der Waals surface area contributed by atoms with E-state index in [1.807, 2.05) is 12.4 Å². The number of nitrogens with zero attached hydrogens (tertiary/aromatic N) is 4. The van der Waals surface area contributed by atoms with Crippen molar-refractivity contribution in [3.8, 4) is 0 Å². The van der Waals surface area contributed by atoms with E-state index >= 15 is 0 Å². The summed E-state index contributed by atoms with van der Waals surface area (Å²) < 4.78 is 10.5. The summed E-state index contributed by atoms with van der Waals surface area (Å²) in [6.45, 7) is 3.46. The second kappa shape index (κ2) is 5.39. The minimum absolute atomic E-state index is 0.0249. The first-order chi connectivity index (χ1) is 11.9. The van der Waals surface area contributed by atoms with Gasteiger partial charge < -0.3 is 9.72 Å². The van der Waals surface area contributed by atoms with Gasteiger partial charge in [-0.25, -0.2) is 9.61 Å². The van der Waals surface area contributed by atoms with Gasteiger partial charge in [-0.2, -0.15) is 0 Å². The fraction of sp³-hybridized carbons (Fsp3) is 0.471. The number of hydrogen-bond acceptors (Lipinski definition) is 6. The molecule has 1 N–H and O–H groups in total. The summed E-state index contributed by atoms with van der Waals surface area (Å²) >= 11 is 0. The highest BCUT2D eigenvalue weighted by Crippen LogP contribution is 2.42. The molecule has 24 heavy (non-hydrogen) atoms. The number of fused-ring (bicyclic) bond motifs is 3. The molecule has 1 spiro atoms. The van der Waals surface area contributed by atoms with Gasteiger partial charge in [0.05, 0.1) is 17.6 Å². The predicted octanol–water partition coefficient (Wildman–Crippen LogP) is 2.01.